The van der Waals surface area contributed by atoms with Crippen LogP contribution in [-0.4, -0.2) is 21.9 Å². The molecule has 4 rings (SSSR count). The molecule has 0 aliphatic carbocycles. The van der Waals surface area contributed by atoms with E-state index >= 15 is 0 Å². The molecule has 27 heavy (non-hydrogen) atoms. The number of hydrogen-bond acceptors (Lipinski definition) is 4. The van der Waals surface area contributed by atoms with Crippen molar-refractivity contribution in [2.45, 2.75) is 24.4 Å². The van der Waals surface area contributed by atoms with Gasteiger partial charge in [-0.2, -0.15) is 0 Å². The molecule has 0 aliphatic heterocycles. The van der Waals surface area contributed by atoms with E-state index in [1.807, 2.05) is 12.1 Å². The van der Waals surface area contributed by atoms with Gasteiger partial charge in [-0.1, -0.05) is 66.4 Å². The molecule has 0 atom stereocenters. The summed E-state index contributed by atoms with van der Waals surface area (Å²) in [7, 11) is 1.68. The lowest BCUT2D eigenvalue weighted by molar-refractivity contribution is 0.414. The molecule has 0 amide bonds. The fourth-order valence-electron chi connectivity index (χ4n) is 3.17. The van der Waals surface area contributed by atoms with Gasteiger partial charge in [-0.25, -0.2) is 0 Å². The number of hydrogen-bond donors (Lipinski definition) is 0. The molecule has 0 N–H and O–H groups in total. The highest BCUT2D eigenvalue weighted by Crippen LogP contribution is 2.31. The summed E-state index contributed by atoms with van der Waals surface area (Å²) in [5, 5.41) is 12.3. The number of rotatable bonds is 6. The van der Waals surface area contributed by atoms with Crippen molar-refractivity contribution >= 4 is 22.5 Å². The molecule has 0 radical (unpaired) electrons. The van der Waals surface area contributed by atoms with Crippen molar-refractivity contribution in [3.8, 4) is 17.1 Å². The maximum Gasteiger partial charge on any atom is 0.191 e. The number of methoxy groups -OCH3 is 1. The van der Waals surface area contributed by atoms with E-state index in [1.165, 1.54) is 16.3 Å². The lowest BCUT2D eigenvalue weighted by Crippen LogP contribution is -2.00. The predicted octanol–water partition coefficient (Wildman–Crippen LogP) is 5.42. The van der Waals surface area contributed by atoms with Gasteiger partial charge < -0.3 is 9.30 Å². The zero-order valence-electron chi connectivity index (χ0n) is 15.4. The highest BCUT2D eigenvalue weighted by atomic mass is 32.2. The third-order valence-electron chi connectivity index (χ3n) is 4.59. The second kappa shape index (κ2) is 7.84. The van der Waals surface area contributed by atoms with Gasteiger partial charge in [0.2, 0.25) is 0 Å². The Morgan fingerprint density at radius 3 is 2.48 bits per heavy atom. The first-order valence-corrected chi connectivity index (χ1v) is 9.95. The summed E-state index contributed by atoms with van der Waals surface area (Å²) < 4.78 is 7.41. The summed E-state index contributed by atoms with van der Waals surface area (Å²) in [5.74, 6) is 2.64. The number of benzene rings is 3. The normalized spacial score (nSPS) is 11.0. The molecule has 0 aliphatic rings. The van der Waals surface area contributed by atoms with Crippen LogP contribution in [0, 0.1) is 0 Å². The van der Waals surface area contributed by atoms with Gasteiger partial charge in [0.25, 0.3) is 0 Å². The minimum absolute atomic E-state index is 0.830. The fraction of sp³-hybridized carbons (Fsp3) is 0.182. The molecular weight excluding hydrogens is 354 g/mol. The van der Waals surface area contributed by atoms with Crippen LogP contribution in [0.4, 0.5) is 0 Å². The molecule has 0 saturated carbocycles. The summed E-state index contributed by atoms with van der Waals surface area (Å²) in [5.41, 5.74) is 2.36. The Morgan fingerprint density at radius 1 is 0.926 bits per heavy atom. The lowest BCUT2D eigenvalue weighted by Gasteiger charge is -2.10. The standard InChI is InChI=1S/C22H21N3OS/c1-3-25-21(20-10-6-8-17-7-4-5-9-19(17)20)23-24-22(25)27-15-16-11-13-18(26-2)14-12-16/h4-14H,3,15H2,1-2H3. The van der Waals surface area contributed by atoms with Gasteiger partial charge >= 0.3 is 0 Å². The first kappa shape index (κ1) is 17.6. The molecule has 0 bridgehead atoms. The molecular formula is C22H21N3OS. The van der Waals surface area contributed by atoms with E-state index < -0.39 is 0 Å². The first-order chi connectivity index (χ1) is 13.3. The molecule has 136 valence electrons. The van der Waals surface area contributed by atoms with Crippen molar-refractivity contribution in [2.24, 2.45) is 0 Å². The van der Waals surface area contributed by atoms with Crippen LogP contribution in [0.15, 0.2) is 71.9 Å². The molecule has 4 aromatic rings. The van der Waals surface area contributed by atoms with Crippen LogP contribution in [0.25, 0.3) is 22.2 Å². The molecule has 0 spiro atoms. The summed E-state index contributed by atoms with van der Waals surface area (Å²) in [4.78, 5) is 0. The van der Waals surface area contributed by atoms with Crippen molar-refractivity contribution in [3.63, 3.8) is 0 Å². The molecule has 0 saturated heterocycles. The van der Waals surface area contributed by atoms with Crippen LogP contribution < -0.4 is 4.74 Å². The molecule has 1 aromatic heterocycles. The Bertz CT molecular complexity index is 1050. The van der Waals surface area contributed by atoms with E-state index in [4.69, 9.17) is 4.74 Å². The van der Waals surface area contributed by atoms with Crippen LogP contribution in [0.1, 0.15) is 12.5 Å². The van der Waals surface area contributed by atoms with E-state index in [0.717, 1.165) is 34.6 Å². The van der Waals surface area contributed by atoms with Crippen molar-refractivity contribution in [2.75, 3.05) is 7.11 Å². The SMILES string of the molecule is CCn1c(SCc2ccc(OC)cc2)nnc1-c1cccc2ccccc12. The molecule has 3 aromatic carbocycles. The summed E-state index contributed by atoms with van der Waals surface area (Å²) >= 11 is 1.71. The van der Waals surface area contributed by atoms with Crippen LogP contribution in [-0.2, 0) is 12.3 Å². The summed E-state index contributed by atoms with van der Waals surface area (Å²) in [6.07, 6.45) is 0. The Morgan fingerprint density at radius 2 is 1.70 bits per heavy atom. The summed E-state index contributed by atoms with van der Waals surface area (Å²) in [6.45, 7) is 2.96. The number of thioether (sulfide) groups is 1. The third kappa shape index (κ3) is 3.55. The predicted molar refractivity (Wildman–Crippen MR) is 111 cm³/mol. The fourth-order valence-corrected chi connectivity index (χ4v) is 4.13. The molecule has 1 heterocycles. The van der Waals surface area contributed by atoms with Gasteiger partial charge in [-0.15, -0.1) is 10.2 Å². The number of aromatic nitrogens is 3. The Kier molecular flexibility index (Phi) is 5.12. The molecule has 0 fully saturated rings. The second-order valence-electron chi connectivity index (χ2n) is 6.21. The van der Waals surface area contributed by atoms with Crippen LogP contribution >= 0.6 is 11.8 Å². The molecule has 0 unspecified atom stereocenters. The van der Waals surface area contributed by atoms with E-state index in [9.17, 15) is 0 Å². The Balaban J connectivity index is 1.63. The number of fused-ring (bicyclic) bond motifs is 1. The van der Waals surface area contributed by atoms with E-state index in [-0.39, 0.29) is 0 Å². The van der Waals surface area contributed by atoms with Gasteiger partial charge in [0.05, 0.1) is 7.11 Å². The molecule has 4 nitrogen and oxygen atoms in total. The third-order valence-corrected chi connectivity index (χ3v) is 5.63. The van der Waals surface area contributed by atoms with Crippen molar-refractivity contribution < 1.29 is 4.74 Å². The minimum atomic E-state index is 0.830. The first-order valence-electron chi connectivity index (χ1n) is 8.97. The highest BCUT2D eigenvalue weighted by Gasteiger charge is 2.15. The zero-order valence-corrected chi connectivity index (χ0v) is 16.2. The van der Waals surface area contributed by atoms with Crippen molar-refractivity contribution in [1.82, 2.24) is 14.8 Å². The van der Waals surface area contributed by atoms with Gasteiger partial charge in [-0.3, -0.25) is 0 Å². The van der Waals surface area contributed by atoms with Crippen molar-refractivity contribution in [3.05, 3.63) is 72.3 Å². The van der Waals surface area contributed by atoms with E-state index in [1.54, 1.807) is 18.9 Å². The van der Waals surface area contributed by atoms with Gasteiger partial charge in [-0.05, 0) is 35.4 Å². The quantitative estimate of drug-likeness (QED) is 0.422. The molecule has 5 heteroatoms. The lowest BCUT2D eigenvalue weighted by atomic mass is 10.0. The maximum atomic E-state index is 5.22. The minimum Gasteiger partial charge on any atom is -0.497 e. The Hall–Kier alpha value is -2.79. The van der Waals surface area contributed by atoms with Gasteiger partial charge in [0.15, 0.2) is 11.0 Å². The monoisotopic (exact) mass is 375 g/mol. The van der Waals surface area contributed by atoms with E-state index in [2.05, 4.69) is 76.3 Å². The average Bonchev–Trinajstić information content (AvgIpc) is 3.15. The maximum absolute atomic E-state index is 5.22. The number of ether oxygens (including phenoxy) is 1. The van der Waals surface area contributed by atoms with E-state index in [0.29, 0.717) is 0 Å². The second-order valence-corrected chi connectivity index (χ2v) is 7.16. The topological polar surface area (TPSA) is 39.9 Å². The van der Waals surface area contributed by atoms with Gasteiger partial charge in [0, 0.05) is 17.9 Å². The van der Waals surface area contributed by atoms with Crippen LogP contribution in [0.3, 0.4) is 0 Å². The highest BCUT2D eigenvalue weighted by molar-refractivity contribution is 7.98. The number of nitrogens with zero attached hydrogens (tertiary/aromatic N) is 3. The smallest absolute Gasteiger partial charge is 0.191 e. The van der Waals surface area contributed by atoms with Crippen LogP contribution in [0.5, 0.6) is 5.75 Å². The average molecular weight is 375 g/mol. The zero-order chi connectivity index (χ0) is 18.6. The largest absolute Gasteiger partial charge is 0.497 e. The Labute approximate surface area is 163 Å². The summed E-state index contributed by atoms with van der Waals surface area (Å²) in [6, 6.07) is 22.9. The van der Waals surface area contributed by atoms with Crippen LogP contribution in [0.2, 0.25) is 0 Å². The van der Waals surface area contributed by atoms with Gasteiger partial charge in [0.1, 0.15) is 5.75 Å². The van der Waals surface area contributed by atoms with Crippen molar-refractivity contribution in [1.29, 1.82) is 0 Å².